The molecule has 1 atom stereocenters. The molecule has 0 aromatic heterocycles. The van der Waals surface area contributed by atoms with E-state index in [1.807, 2.05) is 0 Å². The van der Waals surface area contributed by atoms with Gasteiger partial charge in [0.15, 0.2) is 0 Å². The second-order valence-electron chi connectivity index (χ2n) is 7.79. The lowest BCUT2D eigenvalue weighted by Crippen LogP contribution is -2.47. The zero-order valence-corrected chi connectivity index (χ0v) is 15.6. The summed E-state index contributed by atoms with van der Waals surface area (Å²) in [5.74, 6) is -1.33. The van der Waals surface area contributed by atoms with Crippen LogP contribution in [0.4, 0.5) is 9.18 Å². The smallest absolute Gasteiger partial charge is 0.325 e. The van der Waals surface area contributed by atoms with E-state index >= 15 is 0 Å². The van der Waals surface area contributed by atoms with Crippen LogP contribution in [0.1, 0.15) is 32.3 Å². The number of halogens is 1. The number of imide groups is 1. The van der Waals surface area contributed by atoms with E-state index in [2.05, 4.69) is 22.9 Å². The first kappa shape index (κ1) is 19.3. The van der Waals surface area contributed by atoms with Gasteiger partial charge in [0, 0.05) is 6.54 Å². The molecule has 2 aliphatic heterocycles. The minimum atomic E-state index is -1.31. The molecule has 0 bridgehead atoms. The topological polar surface area (TPSA) is 90.5 Å². The number of rotatable bonds is 5. The monoisotopic (exact) mass is 376 g/mol. The number of nitrogens with zero attached hydrogens (tertiary/aromatic N) is 1. The molecule has 0 radical (unpaired) electrons. The van der Waals surface area contributed by atoms with Gasteiger partial charge >= 0.3 is 6.03 Å². The van der Waals surface area contributed by atoms with Crippen molar-refractivity contribution in [2.75, 3.05) is 26.2 Å². The Morgan fingerprint density at radius 1 is 1.19 bits per heavy atom. The van der Waals surface area contributed by atoms with E-state index in [1.165, 1.54) is 24.3 Å². The number of urea groups is 1. The van der Waals surface area contributed by atoms with Gasteiger partial charge in [-0.3, -0.25) is 14.5 Å². The lowest BCUT2D eigenvalue weighted by Gasteiger charge is -2.34. The molecule has 1 aromatic rings. The fraction of sp³-hybridized carbons (Fsp3) is 0.526. The van der Waals surface area contributed by atoms with Crippen molar-refractivity contribution in [3.05, 3.63) is 35.6 Å². The number of piperidine rings is 1. The van der Waals surface area contributed by atoms with E-state index in [9.17, 15) is 18.8 Å². The van der Waals surface area contributed by atoms with Gasteiger partial charge in [-0.25, -0.2) is 9.18 Å². The highest BCUT2D eigenvalue weighted by Gasteiger charge is 2.49. The molecule has 8 heteroatoms. The molecule has 2 fully saturated rings. The zero-order chi connectivity index (χ0) is 19.7. The van der Waals surface area contributed by atoms with E-state index in [4.69, 9.17) is 0 Å². The Kier molecular flexibility index (Phi) is 5.19. The van der Waals surface area contributed by atoms with Crippen molar-refractivity contribution in [3.8, 4) is 0 Å². The predicted octanol–water partition coefficient (Wildman–Crippen LogP) is 1.10. The summed E-state index contributed by atoms with van der Waals surface area (Å²) in [4.78, 5) is 38.3. The molecular formula is C19H25FN4O3. The van der Waals surface area contributed by atoms with E-state index in [0.717, 1.165) is 30.8 Å². The maximum absolute atomic E-state index is 13.2. The average Bonchev–Trinajstić information content (AvgIpc) is 2.85. The van der Waals surface area contributed by atoms with E-state index in [1.54, 1.807) is 6.92 Å². The Morgan fingerprint density at radius 2 is 1.81 bits per heavy atom. The molecule has 2 saturated heterocycles. The van der Waals surface area contributed by atoms with Crippen molar-refractivity contribution in [2.24, 2.45) is 5.41 Å². The number of hydrogen-bond donors (Lipinski definition) is 3. The molecule has 0 aliphatic carbocycles. The van der Waals surface area contributed by atoms with Crippen molar-refractivity contribution >= 4 is 17.8 Å². The zero-order valence-electron chi connectivity index (χ0n) is 15.6. The third kappa shape index (κ3) is 3.95. The molecule has 146 valence electrons. The number of carbonyl (C=O) groups excluding carboxylic acids is 3. The van der Waals surface area contributed by atoms with Crippen LogP contribution < -0.4 is 16.0 Å². The van der Waals surface area contributed by atoms with Gasteiger partial charge in [0.2, 0.25) is 5.91 Å². The van der Waals surface area contributed by atoms with Crippen LogP contribution in [0.15, 0.2) is 24.3 Å². The molecule has 1 unspecified atom stereocenters. The largest absolute Gasteiger partial charge is 0.354 e. The number of carbonyl (C=O) groups is 3. The lowest BCUT2D eigenvalue weighted by molar-refractivity contribution is -0.135. The summed E-state index contributed by atoms with van der Waals surface area (Å²) < 4.78 is 13.2. The predicted molar refractivity (Wildman–Crippen MR) is 97.2 cm³/mol. The van der Waals surface area contributed by atoms with E-state index < -0.39 is 23.3 Å². The standard InChI is InChI=1S/C19H25FN4O3/c1-18(7-9-21-10-8-18)12-22-15(25)11-24-16(26)19(2,23-17(24)27)13-3-5-14(20)6-4-13/h3-6,21H,7-12H2,1-2H3,(H,22,25)(H,23,27). The highest BCUT2D eigenvalue weighted by Crippen LogP contribution is 2.29. The van der Waals surface area contributed by atoms with Gasteiger partial charge in [0.05, 0.1) is 0 Å². The van der Waals surface area contributed by atoms with Gasteiger partial charge in [0.25, 0.3) is 5.91 Å². The maximum atomic E-state index is 13.2. The minimum absolute atomic E-state index is 0.0147. The van der Waals surface area contributed by atoms with E-state index in [0.29, 0.717) is 12.1 Å². The minimum Gasteiger partial charge on any atom is -0.354 e. The summed E-state index contributed by atoms with van der Waals surface area (Å²) in [5, 5.41) is 8.74. The van der Waals surface area contributed by atoms with Crippen molar-refractivity contribution in [3.63, 3.8) is 0 Å². The Labute approximate surface area is 157 Å². The third-order valence-corrected chi connectivity index (χ3v) is 5.52. The second kappa shape index (κ2) is 7.26. The Balaban J connectivity index is 1.63. The summed E-state index contributed by atoms with van der Waals surface area (Å²) in [6, 6.07) is 4.74. The molecule has 0 spiro atoms. The fourth-order valence-corrected chi connectivity index (χ4v) is 3.54. The molecule has 3 rings (SSSR count). The number of benzene rings is 1. The van der Waals surface area contributed by atoms with Gasteiger partial charge in [-0.1, -0.05) is 19.1 Å². The molecule has 2 heterocycles. The summed E-state index contributed by atoms with van der Waals surface area (Å²) in [6.07, 6.45) is 1.91. The average molecular weight is 376 g/mol. The van der Waals surface area contributed by atoms with Crippen molar-refractivity contribution < 1.29 is 18.8 Å². The molecule has 4 amide bonds. The molecule has 7 nitrogen and oxygen atoms in total. The number of hydrogen-bond acceptors (Lipinski definition) is 4. The number of nitrogens with one attached hydrogen (secondary N) is 3. The van der Waals surface area contributed by atoms with Gasteiger partial charge in [-0.2, -0.15) is 0 Å². The van der Waals surface area contributed by atoms with Crippen LogP contribution in [0.5, 0.6) is 0 Å². The Bertz CT molecular complexity index is 746. The summed E-state index contributed by atoms with van der Waals surface area (Å²) in [6.45, 7) is 5.66. The van der Waals surface area contributed by atoms with Crippen molar-refractivity contribution in [1.29, 1.82) is 0 Å². The molecule has 1 aromatic carbocycles. The van der Waals surface area contributed by atoms with Crippen LogP contribution in [-0.4, -0.2) is 48.9 Å². The van der Waals surface area contributed by atoms with Crippen LogP contribution in [0.2, 0.25) is 0 Å². The van der Waals surface area contributed by atoms with E-state index in [-0.39, 0.29) is 17.9 Å². The molecular weight excluding hydrogens is 351 g/mol. The second-order valence-corrected chi connectivity index (χ2v) is 7.79. The van der Waals surface area contributed by atoms with Crippen LogP contribution in [0, 0.1) is 11.2 Å². The fourth-order valence-electron chi connectivity index (χ4n) is 3.54. The first-order valence-corrected chi connectivity index (χ1v) is 9.11. The summed E-state index contributed by atoms with van der Waals surface area (Å²) in [7, 11) is 0. The molecule has 0 saturated carbocycles. The first-order chi connectivity index (χ1) is 12.7. The molecule has 3 N–H and O–H groups in total. The van der Waals surface area contributed by atoms with Crippen LogP contribution in [-0.2, 0) is 15.1 Å². The lowest BCUT2D eigenvalue weighted by atomic mass is 9.81. The Morgan fingerprint density at radius 3 is 2.44 bits per heavy atom. The summed E-state index contributed by atoms with van der Waals surface area (Å²) in [5.41, 5.74) is -0.834. The molecule has 27 heavy (non-hydrogen) atoms. The van der Waals surface area contributed by atoms with Crippen molar-refractivity contribution in [2.45, 2.75) is 32.2 Å². The van der Waals surface area contributed by atoms with Gasteiger partial charge in [0.1, 0.15) is 17.9 Å². The highest BCUT2D eigenvalue weighted by molar-refractivity contribution is 6.09. The molecule has 2 aliphatic rings. The maximum Gasteiger partial charge on any atom is 0.325 e. The normalized spacial score (nSPS) is 24.6. The van der Waals surface area contributed by atoms with Crippen LogP contribution >= 0.6 is 0 Å². The van der Waals surface area contributed by atoms with Crippen molar-refractivity contribution in [1.82, 2.24) is 20.9 Å². The quantitative estimate of drug-likeness (QED) is 0.671. The summed E-state index contributed by atoms with van der Waals surface area (Å²) >= 11 is 0. The van der Waals surface area contributed by atoms with Crippen LogP contribution in [0.25, 0.3) is 0 Å². The van der Waals surface area contributed by atoms with Gasteiger partial charge < -0.3 is 16.0 Å². The van der Waals surface area contributed by atoms with Crippen LogP contribution in [0.3, 0.4) is 0 Å². The van der Waals surface area contributed by atoms with Gasteiger partial charge in [-0.15, -0.1) is 0 Å². The third-order valence-electron chi connectivity index (χ3n) is 5.52. The first-order valence-electron chi connectivity index (χ1n) is 9.11. The number of amides is 4. The highest BCUT2D eigenvalue weighted by atomic mass is 19.1. The SMILES string of the molecule is CC1(CNC(=O)CN2C(=O)NC(C)(c3ccc(F)cc3)C2=O)CCNCC1. The van der Waals surface area contributed by atoms with Gasteiger partial charge in [-0.05, 0) is 56.0 Å². The Hall–Kier alpha value is -2.48.